The first kappa shape index (κ1) is 18.1. The third kappa shape index (κ3) is 4.49. The summed E-state index contributed by atoms with van der Waals surface area (Å²) in [4.78, 5) is 19.2. The molecule has 3 rings (SSSR count). The van der Waals surface area contributed by atoms with Crippen LogP contribution in [0.25, 0.3) is 0 Å². The third-order valence-corrected chi connectivity index (χ3v) is 4.58. The minimum atomic E-state index is -0.485. The normalized spacial score (nSPS) is 13.8. The van der Waals surface area contributed by atoms with Crippen LogP contribution in [0.15, 0.2) is 42.2 Å². The topological polar surface area (TPSA) is 93.0 Å². The van der Waals surface area contributed by atoms with Crippen LogP contribution in [-0.2, 0) is 0 Å². The zero-order valence-electron chi connectivity index (χ0n) is 14.2. The van der Waals surface area contributed by atoms with Crippen molar-refractivity contribution >= 4 is 34.6 Å². The summed E-state index contributed by atoms with van der Waals surface area (Å²) in [5, 5.41) is 18.0. The molecule has 0 unspecified atom stereocenters. The maximum atomic E-state index is 11.6. The fourth-order valence-electron chi connectivity index (χ4n) is 2.94. The molecular formula is C18H20ClN5O2. The fourth-order valence-corrected chi connectivity index (χ4v) is 3.12. The van der Waals surface area contributed by atoms with Crippen molar-refractivity contribution in [3.8, 4) is 0 Å². The van der Waals surface area contributed by atoms with Gasteiger partial charge in [0.2, 0.25) is 11.6 Å². The molecule has 0 saturated carbocycles. The van der Waals surface area contributed by atoms with Crippen molar-refractivity contribution in [3.05, 3.63) is 57.4 Å². The van der Waals surface area contributed by atoms with Crippen LogP contribution in [0.3, 0.4) is 0 Å². The van der Waals surface area contributed by atoms with Gasteiger partial charge < -0.3 is 10.6 Å². The molecular weight excluding hydrogens is 354 g/mol. The van der Waals surface area contributed by atoms with Crippen molar-refractivity contribution in [3.63, 3.8) is 0 Å². The Hall–Kier alpha value is -2.67. The molecule has 8 heteroatoms. The lowest BCUT2D eigenvalue weighted by molar-refractivity contribution is -0.383. The molecule has 7 nitrogen and oxygen atoms in total. The van der Waals surface area contributed by atoms with E-state index in [1.54, 1.807) is 24.3 Å². The number of anilines is 3. The Labute approximate surface area is 156 Å². The number of allylic oxidation sites excluding steroid dienone is 1. The number of para-hydroxylation sites is 1. The first-order chi connectivity index (χ1) is 12.6. The molecule has 1 aromatic heterocycles. The van der Waals surface area contributed by atoms with Gasteiger partial charge >= 0.3 is 5.69 Å². The summed E-state index contributed by atoms with van der Waals surface area (Å²) in [6.45, 7) is 0.592. The molecule has 1 heterocycles. The van der Waals surface area contributed by atoms with Crippen LogP contribution in [0.4, 0.5) is 23.0 Å². The lowest BCUT2D eigenvalue weighted by atomic mass is 9.97. The summed E-state index contributed by atoms with van der Waals surface area (Å²) in [6.07, 6.45) is 9.10. The molecule has 0 radical (unpaired) electrons. The number of hydrogen-bond acceptors (Lipinski definition) is 6. The molecule has 136 valence electrons. The smallest absolute Gasteiger partial charge is 0.353 e. The average Bonchev–Trinajstić information content (AvgIpc) is 2.64. The number of halogens is 1. The molecule has 2 N–H and O–H groups in total. The number of nitrogens with zero attached hydrogens (tertiary/aromatic N) is 3. The highest BCUT2D eigenvalue weighted by Gasteiger charge is 2.23. The van der Waals surface area contributed by atoms with E-state index in [0.717, 1.165) is 19.3 Å². The van der Waals surface area contributed by atoms with Gasteiger partial charge in [0, 0.05) is 6.54 Å². The minimum absolute atomic E-state index is 0.109. The monoisotopic (exact) mass is 373 g/mol. The first-order valence-electron chi connectivity index (χ1n) is 8.58. The van der Waals surface area contributed by atoms with Gasteiger partial charge in [-0.05, 0) is 44.2 Å². The quantitative estimate of drug-likeness (QED) is 0.399. The van der Waals surface area contributed by atoms with E-state index in [0.29, 0.717) is 17.3 Å². The second-order valence-corrected chi connectivity index (χ2v) is 6.47. The molecule has 1 aliphatic rings. The van der Waals surface area contributed by atoms with Gasteiger partial charge in [0.05, 0.1) is 15.6 Å². The summed E-state index contributed by atoms with van der Waals surface area (Å²) in [5.41, 5.74) is 1.76. The van der Waals surface area contributed by atoms with Crippen LogP contribution in [0.1, 0.15) is 32.1 Å². The highest BCUT2D eigenvalue weighted by atomic mass is 35.5. The van der Waals surface area contributed by atoms with Crippen molar-refractivity contribution in [1.29, 1.82) is 0 Å². The van der Waals surface area contributed by atoms with Gasteiger partial charge in [0.1, 0.15) is 6.33 Å². The predicted molar refractivity (Wildman–Crippen MR) is 103 cm³/mol. The lowest BCUT2D eigenvalue weighted by Gasteiger charge is -2.14. The van der Waals surface area contributed by atoms with Crippen LogP contribution in [0, 0.1) is 10.1 Å². The number of rotatable bonds is 7. The summed E-state index contributed by atoms with van der Waals surface area (Å²) in [5.74, 6) is 0.313. The van der Waals surface area contributed by atoms with Gasteiger partial charge in [-0.3, -0.25) is 10.1 Å². The summed E-state index contributed by atoms with van der Waals surface area (Å²) < 4.78 is 0. The first-order valence-corrected chi connectivity index (χ1v) is 8.95. The second-order valence-electron chi connectivity index (χ2n) is 6.07. The molecule has 1 aromatic carbocycles. The number of benzene rings is 1. The fraction of sp³-hybridized carbons (Fsp3) is 0.333. The van der Waals surface area contributed by atoms with Crippen molar-refractivity contribution in [1.82, 2.24) is 9.97 Å². The number of aromatic nitrogens is 2. The van der Waals surface area contributed by atoms with Gasteiger partial charge in [-0.25, -0.2) is 9.97 Å². The Bertz CT molecular complexity index is 825. The number of nitrogens with one attached hydrogen (secondary N) is 2. The van der Waals surface area contributed by atoms with Gasteiger partial charge in [0.25, 0.3) is 0 Å². The van der Waals surface area contributed by atoms with E-state index in [9.17, 15) is 10.1 Å². The van der Waals surface area contributed by atoms with Crippen molar-refractivity contribution < 1.29 is 4.92 Å². The Morgan fingerprint density at radius 2 is 2.00 bits per heavy atom. The Morgan fingerprint density at radius 3 is 2.73 bits per heavy atom. The van der Waals surface area contributed by atoms with Gasteiger partial charge in [0.15, 0.2) is 0 Å². The molecule has 0 bridgehead atoms. The highest BCUT2D eigenvalue weighted by Crippen LogP contribution is 2.33. The minimum Gasteiger partial charge on any atom is -0.364 e. The van der Waals surface area contributed by atoms with E-state index in [1.807, 2.05) is 0 Å². The van der Waals surface area contributed by atoms with Crippen molar-refractivity contribution in [2.45, 2.75) is 32.1 Å². The lowest BCUT2D eigenvalue weighted by Crippen LogP contribution is -2.10. The van der Waals surface area contributed by atoms with E-state index in [2.05, 4.69) is 26.7 Å². The maximum absolute atomic E-state index is 11.6. The zero-order chi connectivity index (χ0) is 18.4. The van der Waals surface area contributed by atoms with Gasteiger partial charge in [-0.1, -0.05) is 35.4 Å². The SMILES string of the molecule is O=[N+]([O-])c1c(NCCC2=CCCCC2)ncnc1Nc1ccccc1Cl. The molecule has 0 saturated heterocycles. The second kappa shape index (κ2) is 8.62. The predicted octanol–water partition coefficient (Wildman–Crippen LogP) is 5.08. The molecule has 0 amide bonds. The molecule has 1 aliphatic carbocycles. The average molecular weight is 374 g/mol. The Balaban J connectivity index is 1.76. The summed E-state index contributed by atoms with van der Waals surface area (Å²) in [6, 6.07) is 7.01. The van der Waals surface area contributed by atoms with Crippen LogP contribution >= 0.6 is 11.6 Å². The zero-order valence-corrected chi connectivity index (χ0v) is 15.0. The van der Waals surface area contributed by atoms with Crippen molar-refractivity contribution in [2.24, 2.45) is 0 Å². The molecule has 0 spiro atoms. The van der Waals surface area contributed by atoms with E-state index in [-0.39, 0.29) is 17.3 Å². The highest BCUT2D eigenvalue weighted by molar-refractivity contribution is 6.33. The van der Waals surface area contributed by atoms with Gasteiger partial charge in [-0.2, -0.15) is 0 Å². The third-order valence-electron chi connectivity index (χ3n) is 4.26. The van der Waals surface area contributed by atoms with Crippen LogP contribution in [0.5, 0.6) is 0 Å². The van der Waals surface area contributed by atoms with Crippen LogP contribution < -0.4 is 10.6 Å². The van der Waals surface area contributed by atoms with E-state index >= 15 is 0 Å². The maximum Gasteiger partial charge on any atom is 0.353 e. The standard InChI is InChI=1S/C18H20ClN5O2/c19-14-8-4-5-9-15(14)23-18-16(24(25)26)17(21-12-22-18)20-11-10-13-6-2-1-3-7-13/h4-6,8-9,12H,1-3,7,10-11H2,(H2,20,21,22,23). The Kier molecular flexibility index (Phi) is 6.01. The van der Waals surface area contributed by atoms with E-state index in [1.165, 1.54) is 24.7 Å². The summed E-state index contributed by atoms with van der Waals surface area (Å²) in [7, 11) is 0. The summed E-state index contributed by atoms with van der Waals surface area (Å²) >= 11 is 6.12. The Morgan fingerprint density at radius 1 is 1.19 bits per heavy atom. The number of nitro groups is 1. The van der Waals surface area contributed by atoms with Crippen LogP contribution in [0.2, 0.25) is 5.02 Å². The number of hydrogen-bond donors (Lipinski definition) is 2. The largest absolute Gasteiger partial charge is 0.364 e. The molecule has 26 heavy (non-hydrogen) atoms. The molecule has 2 aromatic rings. The van der Waals surface area contributed by atoms with E-state index in [4.69, 9.17) is 11.6 Å². The molecule has 0 fully saturated rings. The molecule has 0 atom stereocenters. The van der Waals surface area contributed by atoms with E-state index < -0.39 is 4.92 Å². The molecule has 0 aliphatic heterocycles. The van der Waals surface area contributed by atoms with Crippen molar-refractivity contribution in [2.75, 3.05) is 17.2 Å². The van der Waals surface area contributed by atoms with Crippen LogP contribution in [-0.4, -0.2) is 21.4 Å². The van der Waals surface area contributed by atoms with Gasteiger partial charge in [-0.15, -0.1) is 0 Å².